The molecule has 2 aromatic rings. The van der Waals surface area contributed by atoms with Crippen LogP contribution in [0.1, 0.15) is 11.3 Å². The van der Waals surface area contributed by atoms with E-state index in [1.54, 1.807) is 47.4 Å². The molecule has 0 saturated carbocycles. The van der Waals surface area contributed by atoms with Gasteiger partial charge in [0.15, 0.2) is 11.6 Å². The number of rotatable bonds is 3. The van der Waals surface area contributed by atoms with Gasteiger partial charge < -0.3 is 10.8 Å². The molecule has 2 aliphatic heterocycles. The molecule has 0 fully saturated rings. The van der Waals surface area contributed by atoms with Gasteiger partial charge in [0, 0.05) is 34.4 Å². The van der Waals surface area contributed by atoms with E-state index in [0.717, 1.165) is 11.1 Å². The maximum Gasteiger partial charge on any atom is 0.284 e. The lowest BCUT2D eigenvalue weighted by Crippen LogP contribution is -2.15. The number of anilines is 1. The van der Waals surface area contributed by atoms with Crippen molar-refractivity contribution in [2.24, 2.45) is 0 Å². The van der Waals surface area contributed by atoms with Gasteiger partial charge in [0.2, 0.25) is 0 Å². The molecule has 3 N–H and O–H groups in total. The number of aromatic amines is 1. The second-order valence-electron chi connectivity index (χ2n) is 5.96. The summed E-state index contributed by atoms with van der Waals surface area (Å²) in [6.45, 7) is 2.22. The summed E-state index contributed by atoms with van der Waals surface area (Å²) in [5, 5.41) is 3.76. The molecule has 1 aromatic heterocycles. The largest absolute Gasteiger partial charge is 0.399 e. The Hall–Kier alpha value is -2.61. The number of pyridine rings is 1. The van der Waals surface area contributed by atoms with Crippen LogP contribution in [0.4, 0.5) is 5.69 Å². The normalized spacial score (nSPS) is 10.4. The number of benzene rings is 1. The van der Waals surface area contributed by atoms with Gasteiger partial charge in [-0.25, -0.2) is 4.98 Å². The molecule has 0 saturated heterocycles. The van der Waals surface area contributed by atoms with Gasteiger partial charge in [0.1, 0.15) is 5.56 Å². The number of hydrogen-bond donors (Lipinski definition) is 2. The standard InChI is InChI=1S/C18H15ClN6O.2ClH/c1-10-15-17(22-16(23-18(15)26)11-4-6-21-7-5-11)25(24-10)9-12-8-13(20)2-3-14(12)19;;/h2-8,24H,9,20H2,1H3;2*1H. The highest BCUT2D eigenvalue weighted by atomic mass is 35.5. The smallest absolute Gasteiger partial charge is 0.284 e. The summed E-state index contributed by atoms with van der Waals surface area (Å²) in [4.78, 5) is 25.2. The molecule has 0 radical (unpaired) electrons. The minimum absolute atomic E-state index is 0. The molecular formula is C18H17Cl3N6O. The molecule has 7 nitrogen and oxygen atoms in total. The SMILES string of the molecule is Cc1[nH]n(Cc2cc(N)ccc2Cl)c2nc(-c3ccncc3)nc(=O)c1-2.Cl.Cl. The van der Waals surface area contributed by atoms with E-state index < -0.39 is 0 Å². The molecule has 0 spiro atoms. The summed E-state index contributed by atoms with van der Waals surface area (Å²) in [7, 11) is 0. The van der Waals surface area contributed by atoms with Gasteiger partial charge in [-0.3, -0.25) is 14.5 Å². The molecule has 0 aliphatic carbocycles. The zero-order valence-electron chi connectivity index (χ0n) is 14.7. The van der Waals surface area contributed by atoms with E-state index in [2.05, 4.69) is 20.1 Å². The van der Waals surface area contributed by atoms with E-state index in [1.807, 2.05) is 6.92 Å². The number of aryl methyl sites for hydroxylation is 1. The average Bonchev–Trinajstić information content (AvgIpc) is 2.95. The summed E-state index contributed by atoms with van der Waals surface area (Å²) in [6.07, 6.45) is 3.27. The maximum absolute atomic E-state index is 12.5. The van der Waals surface area contributed by atoms with Crippen molar-refractivity contribution in [3.63, 3.8) is 0 Å². The highest BCUT2D eigenvalue weighted by Crippen LogP contribution is 2.25. The van der Waals surface area contributed by atoms with Gasteiger partial charge in [-0.1, -0.05) is 11.6 Å². The predicted octanol–water partition coefficient (Wildman–Crippen LogP) is 3.57. The van der Waals surface area contributed by atoms with Crippen LogP contribution in [0.5, 0.6) is 0 Å². The second kappa shape index (κ2) is 8.60. The summed E-state index contributed by atoms with van der Waals surface area (Å²) in [5.74, 6) is 0.879. The van der Waals surface area contributed by atoms with Crippen LogP contribution in [0.25, 0.3) is 22.8 Å². The van der Waals surface area contributed by atoms with Crippen molar-refractivity contribution in [1.82, 2.24) is 24.7 Å². The van der Waals surface area contributed by atoms with Crippen molar-refractivity contribution in [2.75, 3.05) is 5.73 Å². The van der Waals surface area contributed by atoms with Crippen molar-refractivity contribution in [3.05, 3.63) is 69.4 Å². The van der Waals surface area contributed by atoms with Gasteiger partial charge in [-0.05, 0) is 42.8 Å². The molecule has 0 bridgehead atoms. The van der Waals surface area contributed by atoms with E-state index in [9.17, 15) is 4.79 Å². The number of fused-ring (bicyclic) bond motifs is 1. The lowest BCUT2D eigenvalue weighted by Gasteiger charge is -2.10. The highest BCUT2D eigenvalue weighted by molar-refractivity contribution is 6.31. The van der Waals surface area contributed by atoms with Crippen molar-refractivity contribution < 1.29 is 0 Å². The first-order valence-corrected chi connectivity index (χ1v) is 8.32. The molecule has 4 rings (SSSR count). The minimum Gasteiger partial charge on any atom is -0.399 e. The summed E-state index contributed by atoms with van der Waals surface area (Å²) < 4.78 is 1.78. The Morgan fingerprint density at radius 2 is 1.86 bits per heavy atom. The van der Waals surface area contributed by atoms with Gasteiger partial charge in [0.05, 0.1) is 6.54 Å². The Morgan fingerprint density at radius 1 is 1.14 bits per heavy atom. The van der Waals surface area contributed by atoms with Crippen LogP contribution in [-0.4, -0.2) is 24.7 Å². The number of halogens is 3. The van der Waals surface area contributed by atoms with E-state index in [4.69, 9.17) is 17.3 Å². The van der Waals surface area contributed by atoms with E-state index in [-0.39, 0.29) is 30.4 Å². The molecular weight excluding hydrogens is 423 g/mol. The summed E-state index contributed by atoms with van der Waals surface area (Å²) in [5.41, 5.74) is 8.88. The Balaban J connectivity index is 0.00000140. The van der Waals surface area contributed by atoms with Crippen molar-refractivity contribution >= 4 is 42.1 Å². The third-order valence-corrected chi connectivity index (χ3v) is 4.50. The Morgan fingerprint density at radius 3 is 2.57 bits per heavy atom. The van der Waals surface area contributed by atoms with Crippen molar-refractivity contribution in [1.29, 1.82) is 0 Å². The number of H-pyrrole nitrogens is 1. The molecule has 3 heterocycles. The van der Waals surface area contributed by atoms with Crippen LogP contribution in [0, 0.1) is 6.92 Å². The van der Waals surface area contributed by atoms with Gasteiger partial charge in [0.25, 0.3) is 5.56 Å². The predicted molar refractivity (Wildman–Crippen MR) is 115 cm³/mol. The molecule has 2 aliphatic rings. The lowest BCUT2D eigenvalue weighted by molar-refractivity contribution is 0.678. The van der Waals surface area contributed by atoms with Gasteiger partial charge >= 0.3 is 0 Å². The third kappa shape index (κ3) is 3.96. The number of aromatic nitrogens is 5. The lowest BCUT2D eigenvalue weighted by atomic mass is 10.2. The van der Waals surface area contributed by atoms with Gasteiger partial charge in [-0.2, -0.15) is 4.98 Å². The molecule has 146 valence electrons. The Labute approximate surface area is 178 Å². The fourth-order valence-corrected chi connectivity index (χ4v) is 3.07. The Bertz CT molecular complexity index is 1130. The second-order valence-corrected chi connectivity index (χ2v) is 6.37. The zero-order valence-corrected chi connectivity index (χ0v) is 17.1. The van der Waals surface area contributed by atoms with Crippen LogP contribution >= 0.6 is 36.4 Å². The average molecular weight is 440 g/mol. The van der Waals surface area contributed by atoms with E-state index in [0.29, 0.717) is 40.2 Å². The maximum atomic E-state index is 12.5. The number of nitrogens with one attached hydrogen (secondary N) is 1. The molecule has 0 unspecified atom stereocenters. The number of nitrogen functional groups attached to an aromatic ring is 1. The van der Waals surface area contributed by atoms with E-state index >= 15 is 0 Å². The van der Waals surface area contributed by atoms with Crippen LogP contribution in [-0.2, 0) is 6.54 Å². The van der Waals surface area contributed by atoms with Gasteiger partial charge in [-0.15, -0.1) is 24.8 Å². The van der Waals surface area contributed by atoms with Crippen LogP contribution < -0.4 is 11.3 Å². The summed E-state index contributed by atoms with van der Waals surface area (Å²) in [6, 6.07) is 8.83. The molecule has 0 amide bonds. The third-order valence-electron chi connectivity index (χ3n) is 4.13. The molecule has 1 aromatic carbocycles. The van der Waals surface area contributed by atoms with E-state index in [1.165, 1.54) is 0 Å². The quantitative estimate of drug-likeness (QED) is 0.475. The summed E-state index contributed by atoms with van der Waals surface area (Å²) >= 11 is 6.28. The molecule has 28 heavy (non-hydrogen) atoms. The molecule has 0 atom stereocenters. The van der Waals surface area contributed by atoms with Crippen LogP contribution in [0.3, 0.4) is 0 Å². The Kier molecular flexibility index (Phi) is 6.66. The monoisotopic (exact) mass is 438 g/mol. The first kappa shape index (κ1) is 21.7. The minimum atomic E-state index is -0.326. The fraction of sp³-hybridized carbons (Fsp3) is 0.111. The number of nitrogens with two attached hydrogens (primary N) is 1. The van der Waals surface area contributed by atoms with Crippen molar-refractivity contribution in [3.8, 4) is 22.8 Å². The first-order chi connectivity index (χ1) is 12.5. The topological polar surface area (TPSA) is 102 Å². The zero-order chi connectivity index (χ0) is 18.3. The van der Waals surface area contributed by atoms with Crippen molar-refractivity contribution in [2.45, 2.75) is 13.5 Å². The molecule has 10 heteroatoms. The number of nitrogens with zero attached hydrogens (tertiary/aromatic N) is 4. The highest BCUT2D eigenvalue weighted by Gasteiger charge is 2.21. The first-order valence-electron chi connectivity index (χ1n) is 7.94. The van der Waals surface area contributed by atoms with Crippen LogP contribution in [0.15, 0.2) is 47.5 Å². The number of hydrogen-bond acceptors (Lipinski definition) is 5. The van der Waals surface area contributed by atoms with Crippen LogP contribution in [0.2, 0.25) is 5.02 Å². The fourth-order valence-electron chi connectivity index (χ4n) is 2.89.